The molecule has 4 nitrogen and oxygen atoms in total. The van der Waals surface area contributed by atoms with Crippen LogP contribution in [0.5, 0.6) is 0 Å². The maximum Gasteiger partial charge on any atom is 0.0897 e. The molecule has 0 aromatic carbocycles. The molecule has 0 radical (unpaired) electrons. The van der Waals surface area contributed by atoms with Crippen LogP contribution in [0.15, 0.2) is 18.2 Å². The first-order valence-electron chi connectivity index (χ1n) is 6.14. The summed E-state index contributed by atoms with van der Waals surface area (Å²) in [5.41, 5.74) is 2.92. The van der Waals surface area contributed by atoms with E-state index in [2.05, 4.69) is 16.9 Å². The number of ether oxygens (including phenoxy) is 1. The number of thiazole rings is 1. The molecule has 102 valence electrons. The molecule has 1 aromatic rings. The Morgan fingerprint density at radius 2 is 2.44 bits per heavy atom. The van der Waals surface area contributed by atoms with Gasteiger partial charge in [-0.1, -0.05) is 6.08 Å². The SMILES string of the molecule is C=CC(C)NCC(O)COCCc1scnc1C. The Morgan fingerprint density at radius 3 is 3.06 bits per heavy atom. The van der Waals surface area contributed by atoms with Gasteiger partial charge in [-0.15, -0.1) is 17.9 Å². The van der Waals surface area contributed by atoms with E-state index in [-0.39, 0.29) is 6.04 Å². The summed E-state index contributed by atoms with van der Waals surface area (Å²) in [6, 6.07) is 0.208. The topological polar surface area (TPSA) is 54.4 Å². The maximum atomic E-state index is 9.67. The fraction of sp³-hybridized carbons (Fsp3) is 0.615. The summed E-state index contributed by atoms with van der Waals surface area (Å²) in [4.78, 5) is 5.44. The van der Waals surface area contributed by atoms with Crippen molar-refractivity contribution in [3.63, 3.8) is 0 Å². The third kappa shape index (κ3) is 5.73. The van der Waals surface area contributed by atoms with Gasteiger partial charge in [0.25, 0.3) is 0 Å². The van der Waals surface area contributed by atoms with E-state index in [0.29, 0.717) is 19.8 Å². The van der Waals surface area contributed by atoms with Gasteiger partial charge >= 0.3 is 0 Å². The van der Waals surface area contributed by atoms with E-state index in [0.717, 1.165) is 12.1 Å². The van der Waals surface area contributed by atoms with Gasteiger partial charge in [-0.25, -0.2) is 4.98 Å². The van der Waals surface area contributed by atoms with Crippen molar-refractivity contribution < 1.29 is 9.84 Å². The number of aliphatic hydroxyl groups is 1. The first-order chi connectivity index (χ1) is 8.63. The third-order valence-corrected chi connectivity index (χ3v) is 3.65. The molecule has 2 N–H and O–H groups in total. The second-order valence-electron chi connectivity index (χ2n) is 4.27. The van der Waals surface area contributed by atoms with E-state index in [1.807, 2.05) is 19.4 Å². The van der Waals surface area contributed by atoms with Crippen molar-refractivity contribution in [2.24, 2.45) is 0 Å². The van der Waals surface area contributed by atoms with E-state index >= 15 is 0 Å². The largest absolute Gasteiger partial charge is 0.389 e. The molecular formula is C13H22N2O2S. The molecule has 0 saturated heterocycles. The van der Waals surface area contributed by atoms with Crippen LogP contribution >= 0.6 is 11.3 Å². The first kappa shape index (κ1) is 15.3. The van der Waals surface area contributed by atoms with Gasteiger partial charge < -0.3 is 15.2 Å². The first-order valence-corrected chi connectivity index (χ1v) is 7.02. The zero-order chi connectivity index (χ0) is 13.4. The molecule has 5 heteroatoms. The fourth-order valence-corrected chi connectivity index (χ4v) is 2.18. The highest BCUT2D eigenvalue weighted by molar-refractivity contribution is 7.09. The Labute approximate surface area is 113 Å². The summed E-state index contributed by atoms with van der Waals surface area (Å²) in [7, 11) is 0. The molecular weight excluding hydrogens is 248 g/mol. The molecule has 2 atom stereocenters. The monoisotopic (exact) mass is 270 g/mol. The fourth-order valence-electron chi connectivity index (χ4n) is 1.41. The lowest BCUT2D eigenvalue weighted by atomic mass is 10.3. The zero-order valence-corrected chi connectivity index (χ0v) is 11.9. The van der Waals surface area contributed by atoms with Crippen molar-refractivity contribution in [2.45, 2.75) is 32.4 Å². The summed E-state index contributed by atoms with van der Waals surface area (Å²) in [5.74, 6) is 0. The highest BCUT2D eigenvalue weighted by atomic mass is 32.1. The molecule has 0 amide bonds. The predicted molar refractivity (Wildman–Crippen MR) is 75.0 cm³/mol. The van der Waals surface area contributed by atoms with E-state index in [1.54, 1.807) is 17.4 Å². The third-order valence-electron chi connectivity index (χ3n) is 2.66. The van der Waals surface area contributed by atoms with Crippen LogP contribution < -0.4 is 5.32 Å². The molecule has 18 heavy (non-hydrogen) atoms. The van der Waals surface area contributed by atoms with Gasteiger partial charge in [-0.2, -0.15) is 0 Å². The number of nitrogens with zero attached hydrogens (tertiary/aromatic N) is 1. The Morgan fingerprint density at radius 1 is 1.67 bits per heavy atom. The van der Waals surface area contributed by atoms with Crippen LogP contribution in [0.3, 0.4) is 0 Å². The normalized spacial score (nSPS) is 14.4. The second kappa shape index (κ2) is 8.37. The number of nitrogens with one attached hydrogen (secondary N) is 1. The summed E-state index contributed by atoms with van der Waals surface area (Å²) in [6.07, 6.45) is 2.19. The van der Waals surface area contributed by atoms with Crippen molar-refractivity contribution in [1.29, 1.82) is 0 Å². The van der Waals surface area contributed by atoms with Gasteiger partial charge in [0.1, 0.15) is 0 Å². The van der Waals surface area contributed by atoms with Crippen molar-refractivity contribution in [3.8, 4) is 0 Å². The molecule has 0 aliphatic carbocycles. The molecule has 2 unspecified atom stereocenters. The van der Waals surface area contributed by atoms with Crippen LogP contribution in [0.25, 0.3) is 0 Å². The molecule has 0 aliphatic heterocycles. The Bertz CT molecular complexity index is 355. The van der Waals surface area contributed by atoms with Gasteiger partial charge in [0, 0.05) is 23.9 Å². The minimum atomic E-state index is -0.477. The predicted octanol–water partition coefficient (Wildman–Crippen LogP) is 1.54. The standard InChI is InChI=1S/C13H22N2O2S/c1-4-10(2)14-7-12(16)8-17-6-5-13-11(3)15-9-18-13/h4,9-10,12,14,16H,1,5-8H2,2-3H3. The maximum absolute atomic E-state index is 9.67. The lowest BCUT2D eigenvalue weighted by molar-refractivity contribution is 0.0380. The van der Waals surface area contributed by atoms with Gasteiger partial charge in [-0.3, -0.25) is 0 Å². The second-order valence-corrected chi connectivity index (χ2v) is 5.21. The van der Waals surface area contributed by atoms with Gasteiger partial charge in [0.15, 0.2) is 0 Å². The highest BCUT2D eigenvalue weighted by Gasteiger charge is 2.06. The average molecular weight is 270 g/mol. The Kier molecular flexibility index (Phi) is 7.12. The molecule has 0 bridgehead atoms. The zero-order valence-electron chi connectivity index (χ0n) is 11.1. The minimum Gasteiger partial charge on any atom is -0.389 e. The van der Waals surface area contributed by atoms with Crippen LogP contribution in [0.4, 0.5) is 0 Å². The lowest BCUT2D eigenvalue weighted by Gasteiger charge is -2.14. The summed E-state index contributed by atoms with van der Waals surface area (Å²) in [6.45, 7) is 9.16. The van der Waals surface area contributed by atoms with Crippen molar-refractivity contribution in [1.82, 2.24) is 10.3 Å². The summed E-state index contributed by atoms with van der Waals surface area (Å²) >= 11 is 1.65. The number of hydrogen-bond acceptors (Lipinski definition) is 5. The number of aryl methyl sites for hydroxylation is 1. The molecule has 0 spiro atoms. The van der Waals surface area contributed by atoms with Crippen molar-refractivity contribution in [3.05, 3.63) is 28.7 Å². The molecule has 1 rings (SSSR count). The Hall–Kier alpha value is -0.750. The van der Waals surface area contributed by atoms with Crippen molar-refractivity contribution >= 4 is 11.3 Å². The lowest BCUT2D eigenvalue weighted by Crippen LogP contribution is -2.35. The summed E-state index contributed by atoms with van der Waals surface area (Å²) in [5, 5.41) is 12.8. The van der Waals surface area contributed by atoms with Crippen molar-refractivity contribution in [2.75, 3.05) is 19.8 Å². The molecule has 0 fully saturated rings. The van der Waals surface area contributed by atoms with Gasteiger partial charge in [0.2, 0.25) is 0 Å². The number of aromatic nitrogens is 1. The van der Waals surface area contributed by atoms with E-state index < -0.39 is 6.10 Å². The van der Waals surface area contributed by atoms with Crippen LogP contribution in [-0.2, 0) is 11.2 Å². The number of rotatable bonds is 9. The highest BCUT2D eigenvalue weighted by Crippen LogP contribution is 2.12. The molecule has 1 heterocycles. The number of hydrogen-bond donors (Lipinski definition) is 2. The summed E-state index contributed by atoms with van der Waals surface area (Å²) < 4.78 is 5.45. The molecule has 1 aromatic heterocycles. The van der Waals surface area contributed by atoms with Gasteiger partial charge in [-0.05, 0) is 13.8 Å². The molecule has 0 saturated carbocycles. The van der Waals surface area contributed by atoms with E-state index in [9.17, 15) is 5.11 Å². The molecule has 0 aliphatic rings. The van der Waals surface area contributed by atoms with Crippen LogP contribution in [0, 0.1) is 6.92 Å². The van der Waals surface area contributed by atoms with Gasteiger partial charge in [0.05, 0.1) is 30.5 Å². The Balaban J connectivity index is 2.07. The minimum absolute atomic E-state index is 0.208. The smallest absolute Gasteiger partial charge is 0.0897 e. The average Bonchev–Trinajstić information content (AvgIpc) is 2.77. The number of aliphatic hydroxyl groups excluding tert-OH is 1. The van der Waals surface area contributed by atoms with E-state index in [4.69, 9.17) is 4.74 Å². The quantitative estimate of drug-likeness (QED) is 0.528. The van der Waals surface area contributed by atoms with E-state index in [1.165, 1.54) is 4.88 Å². The van der Waals surface area contributed by atoms with Crippen LogP contribution in [0.1, 0.15) is 17.5 Å². The van der Waals surface area contributed by atoms with Crippen LogP contribution in [0.2, 0.25) is 0 Å². The van der Waals surface area contributed by atoms with Crippen LogP contribution in [-0.4, -0.2) is 42.0 Å².